The first-order chi connectivity index (χ1) is 13.9. The Morgan fingerprint density at radius 1 is 1.28 bits per heavy atom. The van der Waals surface area contributed by atoms with Crippen LogP contribution in [0.3, 0.4) is 0 Å². The lowest BCUT2D eigenvalue weighted by Crippen LogP contribution is -2.86. The van der Waals surface area contributed by atoms with Gasteiger partial charge in [0.05, 0.1) is 24.0 Å². The number of hydrogen-bond donors (Lipinski definition) is 2. The summed E-state index contributed by atoms with van der Waals surface area (Å²) < 4.78 is 38.0. The van der Waals surface area contributed by atoms with E-state index in [9.17, 15) is 13.2 Å². The number of rotatable bonds is 8. The molecule has 1 aliphatic heterocycles. The second-order valence-electron chi connectivity index (χ2n) is 7.12. The third-order valence-corrected chi connectivity index (χ3v) is 6.94. The number of methoxy groups -OCH3 is 1. The Hall–Kier alpha value is -2.36. The van der Waals surface area contributed by atoms with E-state index < -0.39 is 10.0 Å². The van der Waals surface area contributed by atoms with Crippen LogP contribution in [0, 0.1) is 0 Å². The van der Waals surface area contributed by atoms with Crippen molar-refractivity contribution in [2.45, 2.75) is 37.1 Å². The summed E-state index contributed by atoms with van der Waals surface area (Å²) >= 11 is 0. The summed E-state index contributed by atoms with van der Waals surface area (Å²) in [6, 6.07) is 8.21. The lowest BCUT2D eigenvalue weighted by molar-refractivity contribution is -0.684. The third-order valence-electron chi connectivity index (χ3n) is 5.05. The molecular weight excluding hydrogens is 394 g/mol. The number of piperidine rings is 1. The van der Waals surface area contributed by atoms with Gasteiger partial charge in [-0.2, -0.15) is 4.31 Å². The largest absolute Gasteiger partial charge is 0.495 e. The average Bonchev–Trinajstić information content (AvgIpc) is 3.27. The maximum atomic E-state index is 12.9. The summed E-state index contributed by atoms with van der Waals surface area (Å²) in [7, 11) is -2.11. The van der Waals surface area contributed by atoms with E-state index in [1.54, 1.807) is 18.4 Å². The van der Waals surface area contributed by atoms with Crippen molar-refractivity contribution in [3.05, 3.63) is 42.4 Å². The number of quaternary nitrogens is 1. The monoisotopic (exact) mass is 422 g/mol. The zero-order valence-electron chi connectivity index (χ0n) is 16.8. The zero-order valence-corrected chi connectivity index (χ0v) is 17.6. The first-order valence-corrected chi connectivity index (χ1v) is 11.2. The van der Waals surface area contributed by atoms with Crippen molar-refractivity contribution in [1.29, 1.82) is 0 Å². The number of carbonyl (C=O) groups excluding carboxylic acids is 1. The van der Waals surface area contributed by atoms with E-state index in [2.05, 4.69) is 5.32 Å². The Morgan fingerprint density at radius 2 is 2.03 bits per heavy atom. The van der Waals surface area contributed by atoms with Gasteiger partial charge in [0.1, 0.15) is 11.8 Å². The normalized spacial score (nSPS) is 16.3. The van der Waals surface area contributed by atoms with Gasteiger partial charge in [0, 0.05) is 13.1 Å². The van der Waals surface area contributed by atoms with Crippen LogP contribution in [0.4, 0.5) is 5.69 Å². The van der Waals surface area contributed by atoms with Crippen molar-refractivity contribution in [3.8, 4) is 5.75 Å². The molecule has 2 aromatic rings. The number of benzene rings is 1. The van der Waals surface area contributed by atoms with E-state index in [1.807, 2.05) is 18.3 Å². The minimum atomic E-state index is -3.59. The number of hydrogen-bond acceptors (Lipinski definition) is 5. The first kappa shape index (κ1) is 21.4. The molecule has 29 heavy (non-hydrogen) atoms. The van der Waals surface area contributed by atoms with Crippen LogP contribution in [-0.4, -0.2) is 45.4 Å². The fraction of sp³-hybridized carbons (Fsp3) is 0.450. The molecular formula is C20H28N3O5S+. The fourth-order valence-electron chi connectivity index (χ4n) is 3.35. The molecule has 1 aromatic heterocycles. The minimum absolute atomic E-state index is 0.0107. The molecule has 0 saturated carbocycles. The second kappa shape index (κ2) is 9.43. The SMILES string of the molecule is COc1ccc(S(=O)(=O)N2CCCCC2)cc1NC(=O)C[NH2+][C@@H](C)c1ccco1. The molecule has 1 fully saturated rings. The number of ether oxygens (including phenoxy) is 1. The minimum Gasteiger partial charge on any atom is -0.495 e. The highest BCUT2D eigenvalue weighted by atomic mass is 32.2. The van der Waals surface area contributed by atoms with Crippen LogP contribution in [0.25, 0.3) is 0 Å². The molecule has 0 unspecified atom stereocenters. The van der Waals surface area contributed by atoms with Gasteiger partial charge in [0.25, 0.3) is 5.91 Å². The topological polar surface area (TPSA) is 105 Å². The van der Waals surface area contributed by atoms with E-state index in [-0.39, 0.29) is 23.4 Å². The van der Waals surface area contributed by atoms with Crippen LogP contribution in [0.2, 0.25) is 0 Å². The summed E-state index contributed by atoms with van der Waals surface area (Å²) in [5, 5.41) is 4.61. The van der Waals surface area contributed by atoms with Crippen molar-refractivity contribution in [2.24, 2.45) is 0 Å². The Kier molecular flexibility index (Phi) is 6.94. The zero-order chi connectivity index (χ0) is 20.9. The smallest absolute Gasteiger partial charge is 0.279 e. The number of nitrogens with zero attached hydrogens (tertiary/aromatic N) is 1. The van der Waals surface area contributed by atoms with Gasteiger partial charge in [0.15, 0.2) is 12.3 Å². The quantitative estimate of drug-likeness (QED) is 0.674. The molecule has 3 rings (SSSR count). The number of anilines is 1. The number of furan rings is 1. The molecule has 1 aromatic carbocycles. The molecule has 1 amide bonds. The summed E-state index contributed by atoms with van der Waals surface area (Å²) in [4.78, 5) is 12.6. The van der Waals surface area contributed by atoms with Gasteiger partial charge in [-0.1, -0.05) is 6.42 Å². The number of carbonyl (C=O) groups is 1. The summed E-state index contributed by atoms with van der Waals surface area (Å²) in [5.74, 6) is 0.939. The van der Waals surface area contributed by atoms with Crippen LogP contribution in [-0.2, 0) is 14.8 Å². The molecule has 0 radical (unpaired) electrons. The Morgan fingerprint density at radius 3 is 2.69 bits per heavy atom. The molecule has 1 atom stereocenters. The highest BCUT2D eigenvalue weighted by molar-refractivity contribution is 7.89. The van der Waals surface area contributed by atoms with Crippen LogP contribution in [0.1, 0.15) is 38.0 Å². The number of amides is 1. The van der Waals surface area contributed by atoms with E-state index in [1.165, 1.54) is 23.5 Å². The van der Waals surface area contributed by atoms with Crippen molar-refractivity contribution in [2.75, 3.05) is 32.1 Å². The van der Waals surface area contributed by atoms with E-state index in [4.69, 9.17) is 9.15 Å². The summed E-state index contributed by atoms with van der Waals surface area (Å²) in [6.45, 7) is 3.15. The van der Waals surface area contributed by atoms with Crippen LogP contribution in [0.5, 0.6) is 5.75 Å². The van der Waals surface area contributed by atoms with Crippen LogP contribution >= 0.6 is 0 Å². The molecule has 9 heteroatoms. The Labute approximate surface area is 171 Å². The number of nitrogens with one attached hydrogen (secondary N) is 1. The van der Waals surface area contributed by atoms with Crippen LogP contribution < -0.4 is 15.4 Å². The predicted octanol–water partition coefficient (Wildman–Crippen LogP) is 1.73. The second-order valence-corrected chi connectivity index (χ2v) is 9.06. The van der Waals surface area contributed by atoms with Crippen LogP contribution in [0.15, 0.2) is 45.9 Å². The lowest BCUT2D eigenvalue weighted by atomic mass is 10.2. The number of nitrogens with two attached hydrogens (primary N) is 1. The van der Waals surface area contributed by atoms with E-state index >= 15 is 0 Å². The Balaban J connectivity index is 1.70. The predicted molar refractivity (Wildman–Crippen MR) is 108 cm³/mol. The van der Waals surface area contributed by atoms with Gasteiger partial charge in [-0.05, 0) is 50.1 Å². The van der Waals surface area contributed by atoms with Gasteiger partial charge in [-0.15, -0.1) is 0 Å². The highest BCUT2D eigenvalue weighted by Crippen LogP contribution is 2.29. The van der Waals surface area contributed by atoms with Gasteiger partial charge >= 0.3 is 0 Å². The lowest BCUT2D eigenvalue weighted by Gasteiger charge is -2.26. The van der Waals surface area contributed by atoms with Crippen molar-refractivity contribution in [3.63, 3.8) is 0 Å². The maximum absolute atomic E-state index is 12.9. The maximum Gasteiger partial charge on any atom is 0.279 e. The number of sulfonamides is 1. The van der Waals surface area contributed by atoms with E-state index in [0.717, 1.165) is 25.0 Å². The molecule has 0 bridgehead atoms. The fourth-order valence-corrected chi connectivity index (χ4v) is 4.89. The summed E-state index contributed by atoms with van der Waals surface area (Å²) in [5.41, 5.74) is 0.342. The Bertz CT molecular complexity index is 922. The molecule has 1 aliphatic rings. The third kappa shape index (κ3) is 5.17. The van der Waals surface area contributed by atoms with Crippen molar-refractivity contribution >= 4 is 21.6 Å². The molecule has 0 aliphatic carbocycles. The molecule has 0 spiro atoms. The molecule has 3 N–H and O–H groups in total. The molecule has 2 heterocycles. The van der Waals surface area contributed by atoms with Gasteiger partial charge in [-0.25, -0.2) is 8.42 Å². The first-order valence-electron chi connectivity index (χ1n) is 9.76. The van der Waals surface area contributed by atoms with Gasteiger partial charge in [-0.3, -0.25) is 4.79 Å². The molecule has 8 nitrogen and oxygen atoms in total. The highest BCUT2D eigenvalue weighted by Gasteiger charge is 2.27. The standard InChI is InChI=1S/C20H27N3O5S/c1-15(18-7-6-12-28-18)21-14-20(24)22-17-13-16(8-9-19(17)27-2)29(25,26)23-10-4-3-5-11-23/h6-9,12-13,15,21H,3-5,10-11,14H2,1-2H3,(H,22,24)/p+1/t15-/m0/s1. The van der Waals surface area contributed by atoms with Crippen molar-refractivity contribution in [1.82, 2.24) is 4.31 Å². The van der Waals surface area contributed by atoms with Gasteiger partial charge in [0.2, 0.25) is 10.0 Å². The molecule has 1 saturated heterocycles. The van der Waals surface area contributed by atoms with Crippen molar-refractivity contribution < 1.29 is 27.7 Å². The average molecular weight is 423 g/mol. The molecule has 158 valence electrons. The van der Waals surface area contributed by atoms with Gasteiger partial charge < -0.3 is 19.8 Å². The van der Waals surface area contributed by atoms with E-state index in [0.29, 0.717) is 24.5 Å². The summed E-state index contributed by atoms with van der Waals surface area (Å²) in [6.07, 6.45) is 4.37.